The predicted molar refractivity (Wildman–Crippen MR) is 88.1 cm³/mol. The Kier molecular flexibility index (Phi) is 5.46. The second-order valence-electron chi connectivity index (χ2n) is 3.93. The van der Waals surface area contributed by atoms with Crippen LogP contribution in [0.2, 0.25) is 0 Å². The number of hydrogen-bond donors (Lipinski definition) is 1. The van der Waals surface area contributed by atoms with Gasteiger partial charge in [-0.2, -0.15) is 0 Å². The summed E-state index contributed by atoms with van der Waals surface area (Å²) in [5, 5.41) is 2.64. The second kappa shape index (κ2) is 7.33. The highest BCUT2D eigenvalue weighted by molar-refractivity contribution is 9.11. The summed E-state index contributed by atoms with van der Waals surface area (Å²) in [4.78, 5) is 20.0. The van der Waals surface area contributed by atoms with Crippen molar-refractivity contribution >= 4 is 49.7 Å². The minimum absolute atomic E-state index is 0.289. The largest absolute Gasteiger partial charge is 0.497 e. The molecule has 1 aromatic carbocycles. The minimum Gasteiger partial charge on any atom is -0.497 e. The van der Waals surface area contributed by atoms with Crippen LogP contribution in [-0.2, 0) is 4.79 Å². The van der Waals surface area contributed by atoms with Crippen LogP contribution in [0, 0.1) is 0 Å². The third-order valence-electron chi connectivity index (χ3n) is 2.49. The maximum atomic E-state index is 11.8. The molecule has 1 aromatic heterocycles. The van der Waals surface area contributed by atoms with Gasteiger partial charge in [-0.05, 0) is 55.6 Å². The number of halogens is 2. The van der Waals surface area contributed by atoms with Crippen molar-refractivity contribution in [3.63, 3.8) is 0 Å². The number of carbonyl (C=O) groups excluding carboxylic acids is 1. The van der Waals surface area contributed by atoms with Crippen LogP contribution in [0.1, 0.15) is 5.56 Å². The molecule has 0 unspecified atom stereocenters. The van der Waals surface area contributed by atoms with Crippen LogP contribution in [0.3, 0.4) is 0 Å². The smallest absolute Gasteiger partial charge is 0.249 e. The number of anilines is 1. The summed E-state index contributed by atoms with van der Waals surface area (Å²) >= 11 is 6.43. The van der Waals surface area contributed by atoms with Crippen LogP contribution in [0.15, 0.2) is 45.7 Å². The van der Waals surface area contributed by atoms with E-state index < -0.39 is 0 Å². The highest BCUT2D eigenvalue weighted by Gasteiger charge is 2.06. The van der Waals surface area contributed by atoms with E-state index in [4.69, 9.17) is 4.74 Å². The first-order chi connectivity index (χ1) is 10.1. The first-order valence-corrected chi connectivity index (χ1v) is 7.48. The summed E-state index contributed by atoms with van der Waals surface area (Å²) in [6.45, 7) is 0. The number of ether oxygens (including phenoxy) is 1. The summed E-state index contributed by atoms with van der Waals surface area (Å²) in [7, 11) is 1.61. The van der Waals surface area contributed by atoms with Gasteiger partial charge in [-0.15, -0.1) is 0 Å². The van der Waals surface area contributed by atoms with Crippen molar-refractivity contribution < 1.29 is 9.53 Å². The third-order valence-corrected chi connectivity index (χ3v) is 3.42. The first kappa shape index (κ1) is 15.7. The summed E-state index contributed by atoms with van der Waals surface area (Å²) < 4.78 is 6.11. The van der Waals surface area contributed by atoms with Gasteiger partial charge in [0.05, 0.1) is 13.3 Å². The fourth-order valence-electron chi connectivity index (χ4n) is 1.48. The molecule has 0 atom stereocenters. The van der Waals surface area contributed by atoms with Gasteiger partial charge in [0.25, 0.3) is 0 Å². The quantitative estimate of drug-likeness (QED) is 0.778. The highest BCUT2D eigenvalue weighted by Crippen LogP contribution is 2.19. The normalized spacial score (nSPS) is 10.6. The van der Waals surface area contributed by atoms with Gasteiger partial charge < -0.3 is 10.1 Å². The van der Waals surface area contributed by atoms with E-state index in [1.165, 1.54) is 12.3 Å². The van der Waals surface area contributed by atoms with Crippen LogP contribution in [-0.4, -0.2) is 23.0 Å². The fourth-order valence-corrected chi connectivity index (χ4v) is 2.39. The molecule has 7 heteroatoms. The molecule has 108 valence electrons. The third kappa shape index (κ3) is 4.64. The molecule has 0 radical (unpaired) electrons. The Bertz CT molecular complexity index is 672. The zero-order valence-electron chi connectivity index (χ0n) is 11.0. The molecule has 2 aromatic rings. The first-order valence-electron chi connectivity index (χ1n) is 5.89. The Labute approximate surface area is 138 Å². The van der Waals surface area contributed by atoms with Crippen LogP contribution >= 0.6 is 31.9 Å². The van der Waals surface area contributed by atoms with Gasteiger partial charge in [-0.3, -0.25) is 4.79 Å². The lowest BCUT2D eigenvalue weighted by Gasteiger charge is -2.03. The average molecular weight is 413 g/mol. The van der Waals surface area contributed by atoms with Gasteiger partial charge in [0.15, 0.2) is 5.82 Å². The number of methoxy groups -OCH3 is 1. The van der Waals surface area contributed by atoms with Gasteiger partial charge >= 0.3 is 0 Å². The van der Waals surface area contributed by atoms with E-state index in [9.17, 15) is 4.79 Å². The van der Waals surface area contributed by atoms with E-state index in [1.54, 1.807) is 13.2 Å². The molecule has 0 spiro atoms. The molecule has 1 amide bonds. The van der Waals surface area contributed by atoms with E-state index in [-0.39, 0.29) is 5.91 Å². The predicted octanol–water partition coefficient (Wildman–Crippen LogP) is 3.66. The lowest BCUT2D eigenvalue weighted by Crippen LogP contribution is -2.10. The number of rotatable bonds is 4. The highest BCUT2D eigenvalue weighted by atomic mass is 79.9. The maximum absolute atomic E-state index is 11.8. The molecule has 0 aliphatic heterocycles. The number of nitrogens with one attached hydrogen (secondary N) is 1. The van der Waals surface area contributed by atoms with Crippen molar-refractivity contribution in [3.8, 4) is 5.75 Å². The molecular formula is C14H11Br2N3O2. The van der Waals surface area contributed by atoms with Crippen LogP contribution < -0.4 is 10.1 Å². The van der Waals surface area contributed by atoms with Gasteiger partial charge in [0.2, 0.25) is 5.91 Å². The Hall–Kier alpha value is -1.73. The Morgan fingerprint density at radius 2 is 2.00 bits per heavy atom. The van der Waals surface area contributed by atoms with E-state index in [2.05, 4.69) is 47.1 Å². The van der Waals surface area contributed by atoms with Gasteiger partial charge in [-0.25, -0.2) is 9.97 Å². The Balaban J connectivity index is 2.01. The molecule has 0 aliphatic rings. The number of nitrogens with zero attached hydrogens (tertiary/aromatic N) is 2. The maximum Gasteiger partial charge on any atom is 0.249 e. The van der Waals surface area contributed by atoms with Gasteiger partial charge in [0.1, 0.15) is 15.0 Å². The zero-order chi connectivity index (χ0) is 15.2. The van der Waals surface area contributed by atoms with Crippen molar-refractivity contribution in [2.75, 3.05) is 12.4 Å². The second-order valence-corrected chi connectivity index (χ2v) is 5.49. The van der Waals surface area contributed by atoms with E-state index >= 15 is 0 Å². The van der Waals surface area contributed by atoms with Crippen LogP contribution in [0.5, 0.6) is 5.75 Å². The molecule has 1 heterocycles. The monoisotopic (exact) mass is 411 g/mol. The minimum atomic E-state index is -0.289. The van der Waals surface area contributed by atoms with E-state index in [0.717, 1.165) is 11.3 Å². The molecular weight excluding hydrogens is 402 g/mol. The standard InChI is InChI=1S/C14H11Br2N3O2/c1-21-10-5-2-9(3-6-10)4-7-12(20)19-14-13(16)18-11(15)8-17-14/h2-8H,1H3,(H,17,19,20)/b7-4+. The molecule has 1 N–H and O–H groups in total. The Morgan fingerprint density at radius 1 is 1.29 bits per heavy atom. The molecule has 21 heavy (non-hydrogen) atoms. The zero-order valence-corrected chi connectivity index (χ0v) is 14.2. The van der Waals surface area contributed by atoms with Gasteiger partial charge in [-0.1, -0.05) is 12.1 Å². The van der Waals surface area contributed by atoms with Crippen molar-refractivity contribution in [2.45, 2.75) is 0 Å². The molecule has 0 bridgehead atoms. The number of aromatic nitrogens is 2. The number of benzene rings is 1. The molecule has 0 saturated carbocycles. The van der Waals surface area contributed by atoms with Crippen molar-refractivity contribution in [2.24, 2.45) is 0 Å². The molecule has 5 nitrogen and oxygen atoms in total. The van der Waals surface area contributed by atoms with Crippen molar-refractivity contribution in [1.29, 1.82) is 0 Å². The SMILES string of the molecule is COc1ccc(/C=C/C(=O)Nc2ncc(Br)nc2Br)cc1. The fraction of sp³-hybridized carbons (Fsp3) is 0.0714. The van der Waals surface area contributed by atoms with E-state index in [1.807, 2.05) is 24.3 Å². The Morgan fingerprint density at radius 3 is 2.62 bits per heavy atom. The van der Waals surface area contributed by atoms with Crippen molar-refractivity contribution in [3.05, 3.63) is 51.3 Å². The van der Waals surface area contributed by atoms with Crippen LogP contribution in [0.25, 0.3) is 6.08 Å². The van der Waals surface area contributed by atoms with E-state index in [0.29, 0.717) is 15.0 Å². The van der Waals surface area contributed by atoms with Gasteiger partial charge in [0, 0.05) is 6.08 Å². The topological polar surface area (TPSA) is 64.1 Å². The molecule has 0 saturated heterocycles. The lowest BCUT2D eigenvalue weighted by molar-refractivity contribution is -0.111. The summed E-state index contributed by atoms with van der Waals surface area (Å²) in [5.41, 5.74) is 0.895. The lowest BCUT2D eigenvalue weighted by atomic mass is 10.2. The number of amides is 1. The summed E-state index contributed by atoms with van der Waals surface area (Å²) in [6.07, 6.45) is 4.64. The summed E-state index contributed by atoms with van der Waals surface area (Å²) in [6, 6.07) is 7.37. The molecule has 2 rings (SSSR count). The molecule has 0 aliphatic carbocycles. The number of hydrogen-bond acceptors (Lipinski definition) is 4. The average Bonchev–Trinajstić information content (AvgIpc) is 2.48. The van der Waals surface area contributed by atoms with Crippen LogP contribution in [0.4, 0.5) is 5.82 Å². The molecule has 0 fully saturated rings. The van der Waals surface area contributed by atoms with Crippen molar-refractivity contribution in [1.82, 2.24) is 9.97 Å². The summed E-state index contributed by atoms with van der Waals surface area (Å²) in [5.74, 6) is 0.844. The number of carbonyl (C=O) groups is 1.